The molecule has 0 bridgehead atoms. The largest absolute Gasteiger partial charge is 0.308 e. The molecule has 0 aliphatic heterocycles. The van der Waals surface area contributed by atoms with Crippen LogP contribution >= 0.6 is 15.9 Å². The molecule has 1 aliphatic carbocycles. The fraction of sp³-hybridized carbons (Fsp3) is 0.812. The van der Waals surface area contributed by atoms with Crippen LogP contribution in [-0.2, 0) is 19.5 Å². The molecule has 3 atom stereocenters. The van der Waals surface area contributed by atoms with Crippen molar-refractivity contribution in [3.63, 3.8) is 0 Å². The zero-order valence-electron chi connectivity index (χ0n) is 13.2. The highest BCUT2D eigenvalue weighted by atomic mass is 79.9. The first-order valence-electron chi connectivity index (χ1n) is 8.04. The molecule has 0 saturated heterocycles. The van der Waals surface area contributed by atoms with Gasteiger partial charge in [-0.2, -0.15) is 5.10 Å². The topological polar surface area (TPSA) is 29.9 Å². The summed E-state index contributed by atoms with van der Waals surface area (Å²) < 4.78 is 3.33. The van der Waals surface area contributed by atoms with Gasteiger partial charge in [0.1, 0.15) is 0 Å². The van der Waals surface area contributed by atoms with Crippen LogP contribution in [0.15, 0.2) is 4.47 Å². The summed E-state index contributed by atoms with van der Waals surface area (Å²) in [6.07, 6.45) is 4.95. The predicted octanol–water partition coefficient (Wildman–Crippen LogP) is 4.14. The summed E-state index contributed by atoms with van der Waals surface area (Å²) in [6.45, 7) is 11.0. The number of rotatable bonds is 5. The minimum atomic E-state index is 0.665. The number of hydrogen-bond acceptors (Lipinski definition) is 2. The molecule has 2 rings (SSSR count). The van der Waals surface area contributed by atoms with Crippen molar-refractivity contribution in [2.24, 2.45) is 11.8 Å². The molecule has 3 unspecified atom stereocenters. The van der Waals surface area contributed by atoms with Gasteiger partial charge in [-0.15, -0.1) is 0 Å². The average molecular weight is 342 g/mol. The van der Waals surface area contributed by atoms with E-state index >= 15 is 0 Å². The second-order valence-corrected chi connectivity index (χ2v) is 7.02. The monoisotopic (exact) mass is 341 g/mol. The first-order valence-corrected chi connectivity index (χ1v) is 8.83. The molecule has 1 aliphatic rings. The third-order valence-corrected chi connectivity index (χ3v) is 5.77. The summed E-state index contributed by atoms with van der Waals surface area (Å²) in [7, 11) is 0. The molecule has 3 nitrogen and oxygen atoms in total. The van der Waals surface area contributed by atoms with E-state index < -0.39 is 0 Å². The van der Waals surface area contributed by atoms with Crippen molar-refractivity contribution in [1.29, 1.82) is 0 Å². The van der Waals surface area contributed by atoms with E-state index in [4.69, 9.17) is 0 Å². The number of nitrogens with zero attached hydrogens (tertiary/aromatic N) is 2. The van der Waals surface area contributed by atoms with Gasteiger partial charge in [0, 0.05) is 19.1 Å². The number of nitrogens with one attached hydrogen (secondary N) is 1. The Morgan fingerprint density at radius 2 is 2.00 bits per heavy atom. The zero-order chi connectivity index (χ0) is 14.7. The Labute approximate surface area is 131 Å². The standard InChI is InChI=1S/C16H28BrN3/c1-5-14-16(17)15(20(6-2)19-14)10-18-13-8-7-11(3)12(4)9-13/h11-13,18H,5-10H2,1-4H3. The quantitative estimate of drug-likeness (QED) is 0.871. The Hall–Kier alpha value is -0.350. The lowest BCUT2D eigenvalue weighted by atomic mass is 9.79. The molecule has 0 aromatic carbocycles. The molecule has 0 spiro atoms. The lowest BCUT2D eigenvalue weighted by Crippen LogP contribution is -2.36. The van der Waals surface area contributed by atoms with Crippen LogP contribution in [0.5, 0.6) is 0 Å². The van der Waals surface area contributed by atoms with Gasteiger partial charge in [-0.1, -0.05) is 20.8 Å². The van der Waals surface area contributed by atoms with E-state index in [1.54, 1.807) is 0 Å². The van der Waals surface area contributed by atoms with Gasteiger partial charge in [0.25, 0.3) is 0 Å². The Bertz CT molecular complexity index is 441. The van der Waals surface area contributed by atoms with Gasteiger partial charge in [-0.05, 0) is 60.4 Å². The normalized spacial score (nSPS) is 26.9. The zero-order valence-corrected chi connectivity index (χ0v) is 14.8. The van der Waals surface area contributed by atoms with Crippen molar-refractivity contribution in [3.8, 4) is 0 Å². The Morgan fingerprint density at radius 3 is 2.60 bits per heavy atom. The third kappa shape index (κ3) is 3.45. The van der Waals surface area contributed by atoms with Crippen molar-refractivity contribution in [2.75, 3.05) is 0 Å². The third-order valence-electron chi connectivity index (χ3n) is 4.85. The molecular weight excluding hydrogens is 314 g/mol. The molecule has 1 saturated carbocycles. The molecule has 4 heteroatoms. The number of aryl methyl sites for hydroxylation is 2. The summed E-state index contributed by atoms with van der Waals surface area (Å²) in [5.74, 6) is 1.72. The molecule has 114 valence electrons. The Morgan fingerprint density at radius 1 is 1.25 bits per heavy atom. The highest BCUT2D eigenvalue weighted by Crippen LogP contribution is 2.30. The molecule has 1 fully saturated rings. The lowest BCUT2D eigenvalue weighted by Gasteiger charge is -2.32. The minimum absolute atomic E-state index is 0.665. The average Bonchev–Trinajstić information content (AvgIpc) is 2.76. The number of halogens is 1. The van der Waals surface area contributed by atoms with Crippen LogP contribution in [0.1, 0.15) is 58.3 Å². The van der Waals surface area contributed by atoms with Gasteiger partial charge < -0.3 is 5.32 Å². The van der Waals surface area contributed by atoms with Gasteiger partial charge in [0.05, 0.1) is 15.9 Å². The van der Waals surface area contributed by atoms with Gasteiger partial charge in [-0.25, -0.2) is 0 Å². The molecule has 1 heterocycles. The fourth-order valence-electron chi connectivity index (χ4n) is 3.16. The SMILES string of the molecule is CCc1nn(CC)c(CNC2CCC(C)C(C)C2)c1Br. The van der Waals surface area contributed by atoms with Gasteiger partial charge in [0.2, 0.25) is 0 Å². The van der Waals surface area contributed by atoms with E-state index in [1.807, 2.05) is 0 Å². The van der Waals surface area contributed by atoms with E-state index in [0.717, 1.165) is 31.3 Å². The van der Waals surface area contributed by atoms with E-state index in [2.05, 4.69) is 58.7 Å². The van der Waals surface area contributed by atoms with Crippen LogP contribution in [0.4, 0.5) is 0 Å². The molecule has 1 N–H and O–H groups in total. The smallest absolute Gasteiger partial charge is 0.0767 e. The first-order chi connectivity index (χ1) is 9.56. The van der Waals surface area contributed by atoms with Crippen molar-refractivity contribution in [3.05, 3.63) is 15.9 Å². The Balaban J connectivity index is 1.98. The maximum Gasteiger partial charge on any atom is 0.0767 e. The second-order valence-electron chi connectivity index (χ2n) is 6.22. The first kappa shape index (κ1) is 16.0. The summed E-state index contributed by atoms with van der Waals surface area (Å²) in [5.41, 5.74) is 2.48. The summed E-state index contributed by atoms with van der Waals surface area (Å²) in [4.78, 5) is 0. The molecule has 1 aromatic heterocycles. The van der Waals surface area contributed by atoms with E-state index in [0.29, 0.717) is 6.04 Å². The number of aromatic nitrogens is 2. The Kier molecular flexibility index (Phi) is 5.67. The van der Waals surface area contributed by atoms with Crippen LogP contribution in [0, 0.1) is 11.8 Å². The molecule has 0 amide bonds. The summed E-state index contributed by atoms with van der Waals surface area (Å²) in [6, 6.07) is 0.665. The van der Waals surface area contributed by atoms with Crippen LogP contribution in [0.2, 0.25) is 0 Å². The maximum atomic E-state index is 4.67. The van der Waals surface area contributed by atoms with Crippen molar-refractivity contribution < 1.29 is 0 Å². The number of hydrogen-bond donors (Lipinski definition) is 1. The van der Waals surface area contributed by atoms with Crippen LogP contribution in [0.3, 0.4) is 0 Å². The van der Waals surface area contributed by atoms with E-state index in [-0.39, 0.29) is 0 Å². The van der Waals surface area contributed by atoms with E-state index in [9.17, 15) is 0 Å². The van der Waals surface area contributed by atoms with Crippen molar-refractivity contribution in [1.82, 2.24) is 15.1 Å². The van der Waals surface area contributed by atoms with Crippen LogP contribution in [-0.4, -0.2) is 15.8 Å². The predicted molar refractivity (Wildman–Crippen MR) is 87.8 cm³/mol. The fourth-order valence-corrected chi connectivity index (χ4v) is 3.86. The van der Waals surface area contributed by atoms with Crippen molar-refractivity contribution >= 4 is 15.9 Å². The van der Waals surface area contributed by atoms with Gasteiger partial charge in [0.15, 0.2) is 0 Å². The molecule has 20 heavy (non-hydrogen) atoms. The molecule has 1 aromatic rings. The summed E-state index contributed by atoms with van der Waals surface area (Å²) in [5, 5.41) is 8.42. The minimum Gasteiger partial charge on any atom is -0.308 e. The lowest BCUT2D eigenvalue weighted by molar-refractivity contribution is 0.224. The van der Waals surface area contributed by atoms with Crippen LogP contribution in [0.25, 0.3) is 0 Å². The molecule has 0 radical (unpaired) electrons. The second kappa shape index (κ2) is 7.08. The van der Waals surface area contributed by atoms with Gasteiger partial charge >= 0.3 is 0 Å². The van der Waals surface area contributed by atoms with Crippen LogP contribution < -0.4 is 5.32 Å². The van der Waals surface area contributed by atoms with Gasteiger partial charge in [-0.3, -0.25) is 4.68 Å². The maximum absolute atomic E-state index is 4.67. The summed E-state index contributed by atoms with van der Waals surface area (Å²) >= 11 is 3.73. The van der Waals surface area contributed by atoms with E-state index in [1.165, 1.54) is 35.1 Å². The van der Waals surface area contributed by atoms with Crippen molar-refractivity contribution in [2.45, 2.75) is 72.5 Å². The molecular formula is C16H28BrN3. The highest BCUT2D eigenvalue weighted by Gasteiger charge is 2.24. The highest BCUT2D eigenvalue weighted by molar-refractivity contribution is 9.10.